The van der Waals surface area contributed by atoms with Crippen LogP contribution in [0.4, 0.5) is 8.78 Å². The van der Waals surface area contributed by atoms with Crippen LogP contribution in [0.3, 0.4) is 0 Å². The second kappa shape index (κ2) is 11.6. The van der Waals surface area contributed by atoms with Crippen molar-refractivity contribution in [1.29, 1.82) is 0 Å². The Labute approximate surface area is 216 Å². The maximum atomic E-state index is 14.4. The van der Waals surface area contributed by atoms with Crippen LogP contribution in [-0.2, 0) is 24.4 Å². The molecular weight excluding hydrogens is 526 g/mol. The lowest BCUT2D eigenvalue weighted by molar-refractivity contribution is -0.127. The molecule has 3 aromatic carbocycles. The average molecular weight is 547 g/mol. The van der Waals surface area contributed by atoms with Gasteiger partial charge in [0.25, 0.3) is 0 Å². The van der Waals surface area contributed by atoms with Crippen molar-refractivity contribution < 1.29 is 13.6 Å². The summed E-state index contributed by atoms with van der Waals surface area (Å²) in [5.41, 5.74) is 2.77. The molecule has 36 heavy (non-hydrogen) atoms. The molecule has 0 aliphatic heterocycles. The van der Waals surface area contributed by atoms with Crippen LogP contribution >= 0.6 is 15.9 Å². The van der Waals surface area contributed by atoms with Crippen molar-refractivity contribution in [1.82, 2.24) is 19.7 Å². The highest BCUT2D eigenvalue weighted by atomic mass is 79.9. The van der Waals surface area contributed by atoms with Gasteiger partial charge in [0.1, 0.15) is 18.0 Å². The molecule has 180 valence electrons. The second-order valence-electron chi connectivity index (χ2n) is 8.03. The van der Waals surface area contributed by atoms with E-state index in [0.717, 1.165) is 27.2 Å². The number of nitrogens with zero attached hydrogens (tertiary/aromatic N) is 4. The minimum Gasteiger partial charge on any atom is -0.327 e. The van der Waals surface area contributed by atoms with Crippen molar-refractivity contribution >= 4 is 27.9 Å². The molecule has 0 saturated heterocycles. The van der Waals surface area contributed by atoms with Crippen LogP contribution in [0.2, 0.25) is 0 Å². The Kier molecular flexibility index (Phi) is 8.03. The van der Waals surface area contributed by atoms with Gasteiger partial charge in [-0.15, -0.1) is 16.6 Å². The highest BCUT2D eigenvalue weighted by Crippen LogP contribution is 2.17. The Morgan fingerprint density at radius 1 is 1.08 bits per heavy atom. The maximum absolute atomic E-state index is 14.4. The van der Waals surface area contributed by atoms with E-state index in [1.54, 1.807) is 12.4 Å². The molecule has 4 aromatic rings. The fraction of sp³-hybridized carbons (Fsp3) is 0.107. The van der Waals surface area contributed by atoms with E-state index in [4.69, 9.17) is 6.42 Å². The van der Waals surface area contributed by atoms with Crippen LogP contribution in [0.5, 0.6) is 0 Å². The lowest BCUT2D eigenvalue weighted by Crippen LogP contribution is -2.30. The van der Waals surface area contributed by atoms with E-state index in [1.807, 2.05) is 53.1 Å². The summed E-state index contributed by atoms with van der Waals surface area (Å²) >= 11 is 3.41. The SMILES string of the molecule is C#Cc1ccc(Cn2cnnc2CN(Cc2ccc(F)cc2F)C(=O)/C=C/c2cccc(Br)c2)cc1. The van der Waals surface area contributed by atoms with Gasteiger partial charge in [-0.1, -0.05) is 52.2 Å². The number of aromatic nitrogens is 3. The van der Waals surface area contributed by atoms with E-state index in [2.05, 4.69) is 32.0 Å². The molecule has 5 nitrogen and oxygen atoms in total. The number of rotatable bonds is 8. The zero-order valence-corrected chi connectivity index (χ0v) is 20.7. The molecule has 1 aromatic heterocycles. The lowest BCUT2D eigenvalue weighted by atomic mass is 10.1. The second-order valence-corrected chi connectivity index (χ2v) is 8.95. The van der Waals surface area contributed by atoms with Crippen molar-refractivity contribution in [3.63, 3.8) is 0 Å². The minimum absolute atomic E-state index is 0.0704. The summed E-state index contributed by atoms with van der Waals surface area (Å²) in [6.45, 7) is 0.465. The molecule has 0 aliphatic rings. The highest BCUT2D eigenvalue weighted by Gasteiger charge is 2.18. The van der Waals surface area contributed by atoms with Crippen molar-refractivity contribution in [2.24, 2.45) is 0 Å². The van der Waals surface area contributed by atoms with Crippen LogP contribution in [0.25, 0.3) is 6.08 Å². The molecule has 0 radical (unpaired) electrons. The van der Waals surface area contributed by atoms with Gasteiger partial charge in [-0.2, -0.15) is 0 Å². The molecular formula is C28H21BrF2N4O. The molecule has 0 unspecified atom stereocenters. The summed E-state index contributed by atoms with van der Waals surface area (Å²) in [7, 11) is 0. The van der Waals surface area contributed by atoms with E-state index < -0.39 is 11.6 Å². The monoisotopic (exact) mass is 546 g/mol. The van der Waals surface area contributed by atoms with E-state index in [-0.39, 0.29) is 24.6 Å². The van der Waals surface area contributed by atoms with Crippen LogP contribution < -0.4 is 0 Å². The predicted octanol–water partition coefficient (Wildman–Crippen LogP) is 5.59. The van der Waals surface area contributed by atoms with Gasteiger partial charge in [0.2, 0.25) is 5.91 Å². The highest BCUT2D eigenvalue weighted by molar-refractivity contribution is 9.10. The number of hydrogen-bond donors (Lipinski definition) is 0. The number of amides is 1. The summed E-state index contributed by atoms with van der Waals surface area (Å²) in [6, 6.07) is 18.3. The van der Waals surface area contributed by atoms with Gasteiger partial charge in [-0.3, -0.25) is 4.79 Å². The number of benzene rings is 3. The molecule has 1 amide bonds. The zero-order valence-electron chi connectivity index (χ0n) is 19.1. The normalized spacial score (nSPS) is 10.9. The summed E-state index contributed by atoms with van der Waals surface area (Å²) < 4.78 is 30.5. The smallest absolute Gasteiger partial charge is 0.247 e. The molecule has 1 heterocycles. The maximum Gasteiger partial charge on any atom is 0.247 e. The first kappa shape index (κ1) is 25.0. The van der Waals surface area contributed by atoms with Crippen molar-refractivity contribution in [3.8, 4) is 12.3 Å². The first-order chi connectivity index (χ1) is 17.4. The number of carbonyl (C=O) groups excluding carboxylic acids is 1. The number of halogens is 3. The van der Waals surface area contributed by atoms with E-state index >= 15 is 0 Å². The Balaban J connectivity index is 1.58. The predicted molar refractivity (Wildman–Crippen MR) is 137 cm³/mol. The molecule has 0 spiro atoms. The summed E-state index contributed by atoms with van der Waals surface area (Å²) in [5, 5.41) is 8.18. The van der Waals surface area contributed by atoms with Crippen LogP contribution in [-0.4, -0.2) is 25.6 Å². The molecule has 0 aliphatic carbocycles. The van der Waals surface area contributed by atoms with E-state index in [1.165, 1.54) is 23.1 Å². The summed E-state index contributed by atoms with van der Waals surface area (Å²) in [5.74, 6) is 1.34. The molecule has 0 saturated carbocycles. The quantitative estimate of drug-likeness (QED) is 0.214. The van der Waals surface area contributed by atoms with Crippen LogP contribution in [0, 0.1) is 24.0 Å². The van der Waals surface area contributed by atoms with Crippen LogP contribution in [0.15, 0.2) is 83.6 Å². The molecule has 0 fully saturated rings. The Morgan fingerprint density at radius 2 is 1.89 bits per heavy atom. The third kappa shape index (κ3) is 6.52. The van der Waals surface area contributed by atoms with Gasteiger partial charge < -0.3 is 9.47 Å². The topological polar surface area (TPSA) is 51.0 Å². The van der Waals surface area contributed by atoms with Crippen molar-refractivity contribution in [3.05, 3.63) is 123 Å². The van der Waals surface area contributed by atoms with Gasteiger partial charge in [0.05, 0.1) is 13.1 Å². The minimum atomic E-state index is -0.723. The Morgan fingerprint density at radius 3 is 2.61 bits per heavy atom. The van der Waals surface area contributed by atoms with Crippen molar-refractivity contribution in [2.45, 2.75) is 19.6 Å². The average Bonchev–Trinajstić information content (AvgIpc) is 3.30. The zero-order chi connectivity index (χ0) is 25.5. The first-order valence-corrected chi connectivity index (χ1v) is 11.8. The van der Waals surface area contributed by atoms with Gasteiger partial charge >= 0.3 is 0 Å². The largest absolute Gasteiger partial charge is 0.327 e. The van der Waals surface area contributed by atoms with Crippen molar-refractivity contribution in [2.75, 3.05) is 0 Å². The molecule has 0 bridgehead atoms. The van der Waals surface area contributed by atoms with Gasteiger partial charge in [-0.25, -0.2) is 8.78 Å². The molecule has 0 atom stereocenters. The molecule has 0 N–H and O–H groups in total. The fourth-order valence-corrected chi connectivity index (χ4v) is 3.97. The first-order valence-electron chi connectivity index (χ1n) is 11.0. The Bertz CT molecular complexity index is 1440. The summed E-state index contributed by atoms with van der Waals surface area (Å²) in [6.07, 6.45) is 10.1. The van der Waals surface area contributed by atoms with Gasteiger partial charge in [0.15, 0.2) is 5.82 Å². The van der Waals surface area contributed by atoms with E-state index in [9.17, 15) is 13.6 Å². The van der Waals surface area contributed by atoms with Crippen LogP contribution in [0.1, 0.15) is 28.1 Å². The third-order valence-electron chi connectivity index (χ3n) is 5.46. The fourth-order valence-electron chi connectivity index (χ4n) is 3.56. The standard InChI is InChI=1S/C28H21BrF2N4O/c1-2-20-6-8-22(9-7-20)16-35-19-32-33-27(35)18-34(17-23-11-12-25(30)15-26(23)31)28(36)13-10-21-4-3-5-24(29)14-21/h1,3-15,19H,16-18H2/b13-10+. The van der Waals surface area contributed by atoms with Gasteiger partial charge in [0, 0.05) is 34.3 Å². The number of terminal acetylenes is 1. The number of carbonyl (C=O) groups is 1. The summed E-state index contributed by atoms with van der Waals surface area (Å²) in [4.78, 5) is 14.6. The molecule has 4 rings (SSSR count). The lowest BCUT2D eigenvalue weighted by Gasteiger charge is -2.22. The Hall–Kier alpha value is -4.09. The van der Waals surface area contributed by atoms with Gasteiger partial charge in [-0.05, 0) is 47.5 Å². The third-order valence-corrected chi connectivity index (χ3v) is 5.95. The molecule has 8 heteroatoms. The number of hydrogen-bond acceptors (Lipinski definition) is 3. The van der Waals surface area contributed by atoms with E-state index in [0.29, 0.717) is 12.4 Å².